The van der Waals surface area contributed by atoms with Crippen molar-refractivity contribution in [2.24, 2.45) is 34.8 Å². The van der Waals surface area contributed by atoms with E-state index >= 15 is 0 Å². The van der Waals surface area contributed by atoms with Crippen LogP contribution >= 0.6 is 0 Å². The van der Waals surface area contributed by atoms with E-state index in [1.807, 2.05) is 4.90 Å². The number of carbonyl (C=O) groups excluding carboxylic acids is 1. The Morgan fingerprint density at radius 2 is 1.96 bits per heavy atom. The number of hydrogen-bond acceptors (Lipinski definition) is 4. The summed E-state index contributed by atoms with van der Waals surface area (Å²) in [6.07, 6.45) is 6.41. The van der Waals surface area contributed by atoms with Gasteiger partial charge in [-0.3, -0.25) is 4.79 Å². The smallest absolute Gasteiger partial charge is 0.241 e. The van der Waals surface area contributed by atoms with Crippen molar-refractivity contribution in [1.82, 2.24) is 4.90 Å². The SMILES string of the molecule is C[C@H]1[C@H]2CC(C#N)N(C(=O)[C@@H](N)C34CC5CC(CC(O)(C5)C3)C4)[C@@H]12. The molecule has 3 N–H and O–H groups in total. The van der Waals surface area contributed by atoms with Crippen molar-refractivity contribution in [3.05, 3.63) is 0 Å². The zero-order chi connectivity index (χ0) is 16.9. The third kappa shape index (κ3) is 1.84. The van der Waals surface area contributed by atoms with Crippen LogP contribution in [0.1, 0.15) is 51.9 Å². The second-order valence-corrected chi connectivity index (χ2v) is 9.67. The molecule has 7 atom stereocenters. The summed E-state index contributed by atoms with van der Waals surface area (Å²) in [6.45, 7) is 2.17. The highest BCUT2D eigenvalue weighted by atomic mass is 16.3. The largest absolute Gasteiger partial charge is 0.390 e. The van der Waals surface area contributed by atoms with E-state index in [4.69, 9.17) is 5.73 Å². The second kappa shape index (κ2) is 4.53. The molecular weight excluding hydrogens is 302 g/mol. The highest BCUT2D eigenvalue weighted by Gasteiger charge is 2.64. The zero-order valence-electron chi connectivity index (χ0n) is 14.3. The van der Waals surface area contributed by atoms with Crippen LogP contribution < -0.4 is 5.73 Å². The van der Waals surface area contributed by atoms with Gasteiger partial charge in [-0.15, -0.1) is 0 Å². The molecule has 0 aromatic rings. The number of nitrogens with two attached hydrogens (primary N) is 1. The number of nitrogens with zero attached hydrogens (tertiary/aromatic N) is 2. The average Bonchev–Trinajstić information content (AvgIpc) is 2.96. The molecule has 0 radical (unpaired) electrons. The molecule has 4 bridgehead atoms. The molecule has 1 saturated heterocycles. The fraction of sp³-hybridized carbons (Fsp3) is 0.895. The number of likely N-dealkylation sites (tertiary alicyclic amines) is 1. The van der Waals surface area contributed by atoms with Crippen LogP contribution in [0.25, 0.3) is 0 Å². The third-order valence-electron chi connectivity index (χ3n) is 8.07. The van der Waals surface area contributed by atoms with Crippen LogP contribution in [0.4, 0.5) is 0 Å². The average molecular weight is 329 g/mol. The van der Waals surface area contributed by atoms with Gasteiger partial charge in [-0.2, -0.15) is 5.26 Å². The lowest BCUT2D eigenvalue weighted by Crippen LogP contribution is -2.65. The summed E-state index contributed by atoms with van der Waals surface area (Å²) in [7, 11) is 0. The highest BCUT2D eigenvalue weighted by molar-refractivity contribution is 5.84. The van der Waals surface area contributed by atoms with Crippen molar-refractivity contribution in [2.75, 3.05) is 0 Å². The quantitative estimate of drug-likeness (QED) is 0.801. The summed E-state index contributed by atoms with van der Waals surface area (Å²) in [5.74, 6) is 2.02. The number of aliphatic hydroxyl groups is 1. The Kier molecular flexibility index (Phi) is 2.86. The number of carbonyl (C=O) groups is 1. The molecule has 0 aromatic heterocycles. The van der Waals surface area contributed by atoms with Crippen molar-refractivity contribution >= 4 is 5.91 Å². The van der Waals surface area contributed by atoms with E-state index in [-0.39, 0.29) is 23.4 Å². The van der Waals surface area contributed by atoms with Crippen LogP contribution in [0.3, 0.4) is 0 Å². The lowest BCUT2D eigenvalue weighted by atomic mass is 9.46. The lowest BCUT2D eigenvalue weighted by molar-refractivity contribution is -0.177. The summed E-state index contributed by atoms with van der Waals surface area (Å²) in [4.78, 5) is 15.1. The van der Waals surface area contributed by atoms with Crippen LogP contribution in [-0.4, -0.2) is 39.6 Å². The Labute approximate surface area is 143 Å². The molecule has 3 unspecified atom stereocenters. The molecule has 24 heavy (non-hydrogen) atoms. The Morgan fingerprint density at radius 3 is 2.54 bits per heavy atom. The van der Waals surface area contributed by atoms with E-state index in [0.29, 0.717) is 30.1 Å². The van der Waals surface area contributed by atoms with Gasteiger partial charge in [0.2, 0.25) is 5.91 Å². The Bertz CT molecular complexity index is 627. The Balaban J connectivity index is 1.43. The van der Waals surface area contributed by atoms with Gasteiger partial charge in [0.05, 0.1) is 17.7 Å². The first kappa shape index (κ1) is 15.2. The van der Waals surface area contributed by atoms with Gasteiger partial charge >= 0.3 is 0 Å². The highest BCUT2D eigenvalue weighted by Crippen LogP contribution is 2.63. The predicted octanol–water partition coefficient (Wildman–Crippen LogP) is 1.40. The summed E-state index contributed by atoms with van der Waals surface area (Å²) in [6, 6.07) is 1.68. The summed E-state index contributed by atoms with van der Waals surface area (Å²) < 4.78 is 0. The minimum absolute atomic E-state index is 0.0241. The maximum atomic E-state index is 13.3. The molecule has 1 heterocycles. The number of nitriles is 1. The molecule has 6 aliphatic rings. The van der Waals surface area contributed by atoms with E-state index in [0.717, 1.165) is 32.1 Å². The van der Waals surface area contributed by atoms with Crippen molar-refractivity contribution in [3.8, 4) is 6.07 Å². The monoisotopic (exact) mass is 329 g/mol. The molecule has 0 spiro atoms. The first-order valence-corrected chi connectivity index (χ1v) is 9.56. The second-order valence-electron chi connectivity index (χ2n) is 9.67. The fourth-order valence-electron chi connectivity index (χ4n) is 7.40. The van der Waals surface area contributed by atoms with Crippen molar-refractivity contribution in [3.63, 3.8) is 0 Å². The summed E-state index contributed by atoms with van der Waals surface area (Å²) >= 11 is 0. The molecule has 5 nitrogen and oxygen atoms in total. The molecular formula is C19H27N3O2. The Morgan fingerprint density at radius 1 is 1.29 bits per heavy atom. The van der Waals surface area contributed by atoms with Crippen molar-refractivity contribution in [1.29, 1.82) is 5.26 Å². The topological polar surface area (TPSA) is 90.4 Å². The normalized spacial score (nSPS) is 55.2. The summed E-state index contributed by atoms with van der Waals surface area (Å²) in [5.41, 5.74) is 5.74. The van der Waals surface area contributed by atoms with E-state index in [2.05, 4.69) is 13.0 Å². The van der Waals surface area contributed by atoms with Gasteiger partial charge < -0.3 is 15.7 Å². The fourth-order valence-corrected chi connectivity index (χ4v) is 7.40. The number of hydrogen-bond donors (Lipinski definition) is 2. The standard InChI is InChI=1S/C19H27N3O2/c1-10-14-3-13(8-20)22(15(10)14)17(23)16(21)18-4-11-2-12(5-18)7-19(24,6-11)9-18/h10-16,24H,2-7,9,21H2,1H3/t10-,11?,12?,13?,14+,15-,16+,18?,19?/m0/s1. The van der Waals surface area contributed by atoms with Crippen LogP contribution in [0.15, 0.2) is 0 Å². The maximum absolute atomic E-state index is 13.3. The van der Waals surface area contributed by atoms with Gasteiger partial charge in [-0.1, -0.05) is 6.92 Å². The molecule has 1 amide bonds. The van der Waals surface area contributed by atoms with E-state index in [1.54, 1.807) is 0 Å². The first-order chi connectivity index (χ1) is 11.4. The lowest BCUT2D eigenvalue weighted by Gasteiger charge is -2.61. The molecule has 1 aliphatic heterocycles. The maximum Gasteiger partial charge on any atom is 0.241 e. The van der Waals surface area contributed by atoms with Crippen LogP contribution in [-0.2, 0) is 4.79 Å². The van der Waals surface area contributed by atoms with E-state index in [1.165, 1.54) is 6.42 Å². The molecule has 5 saturated carbocycles. The minimum Gasteiger partial charge on any atom is -0.390 e. The molecule has 130 valence electrons. The van der Waals surface area contributed by atoms with Crippen LogP contribution in [0, 0.1) is 40.4 Å². The summed E-state index contributed by atoms with van der Waals surface area (Å²) in [5, 5.41) is 20.4. The number of amides is 1. The number of piperidine rings is 1. The number of fused-ring (bicyclic) bond motifs is 1. The van der Waals surface area contributed by atoms with Crippen LogP contribution in [0.5, 0.6) is 0 Å². The van der Waals surface area contributed by atoms with Gasteiger partial charge in [0, 0.05) is 6.04 Å². The van der Waals surface area contributed by atoms with Gasteiger partial charge in [-0.05, 0) is 74.0 Å². The molecule has 0 aromatic carbocycles. The van der Waals surface area contributed by atoms with Gasteiger partial charge in [0.1, 0.15) is 6.04 Å². The van der Waals surface area contributed by atoms with Gasteiger partial charge in [0.15, 0.2) is 0 Å². The van der Waals surface area contributed by atoms with Crippen molar-refractivity contribution < 1.29 is 9.90 Å². The van der Waals surface area contributed by atoms with Crippen molar-refractivity contribution in [2.45, 2.75) is 75.6 Å². The van der Waals surface area contributed by atoms with Gasteiger partial charge in [-0.25, -0.2) is 0 Å². The zero-order valence-corrected chi connectivity index (χ0v) is 14.3. The minimum atomic E-state index is -0.600. The molecule has 5 aliphatic carbocycles. The van der Waals surface area contributed by atoms with E-state index in [9.17, 15) is 15.2 Å². The Hall–Kier alpha value is -1.12. The molecule has 6 rings (SSSR count). The number of rotatable bonds is 2. The van der Waals surface area contributed by atoms with Crippen LogP contribution in [0.2, 0.25) is 0 Å². The first-order valence-electron chi connectivity index (χ1n) is 9.56. The predicted molar refractivity (Wildman–Crippen MR) is 87.3 cm³/mol. The van der Waals surface area contributed by atoms with E-state index < -0.39 is 11.6 Å². The third-order valence-corrected chi connectivity index (χ3v) is 8.07. The molecule has 5 heteroatoms. The van der Waals surface area contributed by atoms with Gasteiger partial charge in [0.25, 0.3) is 0 Å². The molecule has 6 fully saturated rings.